The van der Waals surface area contributed by atoms with Crippen molar-refractivity contribution < 1.29 is 4.79 Å². The van der Waals surface area contributed by atoms with E-state index in [-0.39, 0.29) is 23.0 Å². The van der Waals surface area contributed by atoms with Crippen LogP contribution in [0.4, 0.5) is 0 Å². The normalized spacial score (nSPS) is 16.9. The van der Waals surface area contributed by atoms with E-state index in [4.69, 9.17) is 16.7 Å². The molecule has 0 aliphatic carbocycles. The van der Waals surface area contributed by atoms with Gasteiger partial charge in [-0.25, -0.2) is 4.68 Å². The molecule has 1 unspecified atom stereocenters. The van der Waals surface area contributed by atoms with Crippen LogP contribution >= 0.6 is 11.6 Å². The van der Waals surface area contributed by atoms with Crippen LogP contribution in [0.5, 0.6) is 0 Å². The summed E-state index contributed by atoms with van der Waals surface area (Å²) in [4.78, 5) is 27.9. The van der Waals surface area contributed by atoms with E-state index in [0.29, 0.717) is 29.9 Å². The molecule has 0 spiro atoms. The van der Waals surface area contributed by atoms with Gasteiger partial charge >= 0.3 is 0 Å². The number of aromatic nitrogens is 2. The number of nitrogens with zero attached hydrogens (tertiary/aromatic N) is 3. The van der Waals surface area contributed by atoms with Gasteiger partial charge in [0, 0.05) is 28.4 Å². The van der Waals surface area contributed by atoms with Gasteiger partial charge in [-0.3, -0.25) is 14.5 Å². The van der Waals surface area contributed by atoms with E-state index in [1.54, 1.807) is 4.68 Å². The van der Waals surface area contributed by atoms with Gasteiger partial charge < -0.3 is 5.32 Å². The monoisotopic (exact) mass is 466 g/mol. The molecule has 1 saturated heterocycles. The van der Waals surface area contributed by atoms with Crippen molar-refractivity contribution in [3.63, 3.8) is 0 Å². The lowest BCUT2D eigenvalue weighted by Crippen LogP contribution is -2.48. The van der Waals surface area contributed by atoms with Crippen LogP contribution in [0.25, 0.3) is 10.8 Å². The molecule has 6 nitrogen and oxygen atoms in total. The Morgan fingerprint density at radius 2 is 1.82 bits per heavy atom. The molecule has 1 aliphatic rings. The average Bonchev–Trinajstić information content (AvgIpc) is 3.18. The molecule has 1 fully saturated rings. The summed E-state index contributed by atoms with van der Waals surface area (Å²) in [6, 6.07) is 15.5. The van der Waals surface area contributed by atoms with E-state index in [1.165, 1.54) is 0 Å². The van der Waals surface area contributed by atoms with Crippen LogP contribution in [0, 0.1) is 0 Å². The van der Waals surface area contributed by atoms with E-state index in [9.17, 15) is 9.59 Å². The Hall–Kier alpha value is -2.70. The highest BCUT2D eigenvalue weighted by Gasteiger charge is 2.28. The highest BCUT2D eigenvalue weighted by molar-refractivity contribution is 6.30. The smallest absolute Gasteiger partial charge is 0.274 e. The van der Waals surface area contributed by atoms with Gasteiger partial charge in [0.1, 0.15) is 0 Å². The van der Waals surface area contributed by atoms with E-state index in [2.05, 4.69) is 10.2 Å². The molecule has 1 N–H and O–H groups in total. The Morgan fingerprint density at radius 1 is 1.12 bits per heavy atom. The molecule has 1 aliphatic heterocycles. The first-order valence-electron chi connectivity index (χ1n) is 11.5. The number of amides is 1. The average molecular weight is 467 g/mol. The highest BCUT2D eigenvalue weighted by Crippen LogP contribution is 2.21. The fourth-order valence-electron chi connectivity index (χ4n) is 4.51. The third-order valence-electron chi connectivity index (χ3n) is 5.97. The molecule has 0 bridgehead atoms. The van der Waals surface area contributed by atoms with E-state index >= 15 is 0 Å². The maximum Gasteiger partial charge on any atom is 0.274 e. The van der Waals surface area contributed by atoms with Crippen LogP contribution in [0.2, 0.25) is 5.02 Å². The first-order chi connectivity index (χ1) is 15.7. The third kappa shape index (κ3) is 5.81. The van der Waals surface area contributed by atoms with Crippen LogP contribution in [-0.2, 0) is 17.8 Å². The number of rotatable bonds is 6. The number of carbonyl (C=O) groups is 1. The SMILES string of the molecule is CC(C)(C)NC(=O)CN1CCCC1Cn1nc(Cc2ccc(Cl)cc2)c2ccccc2c1=O. The molecule has 0 radical (unpaired) electrons. The number of likely N-dealkylation sites (tertiary alicyclic amines) is 1. The maximum atomic E-state index is 13.3. The van der Waals surface area contributed by atoms with E-state index in [0.717, 1.165) is 36.0 Å². The van der Waals surface area contributed by atoms with Crippen molar-refractivity contribution in [2.45, 2.75) is 58.2 Å². The summed E-state index contributed by atoms with van der Waals surface area (Å²) in [5, 5.41) is 10.1. The second-order valence-corrected chi connectivity index (χ2v) is 10.3. The summed E-state index contributed by atoms with van der Waals surface area (Å²) in [5.41, 5.74) is 1.60. The Labute approximate surface area is 199 Å². The summed E-state index contributed by atoms with van der Waals surface area (Å²) in [5.74, 6) is 0.0108. The van der Waals surface area contributed by atoms with Crippen molar-refractivity contribution in [2.24, 2.45) is 0 Å². The summed E-state index contributed by atoms with van der Waals surface area (Å²) >= 11 is 6.04. The van der Waals surface area contributed by atoms with Crippen molar-refractivity contribution in [3.8, 4) is 0 Å². The van der Waals surface area contributed by atoms with Gasteiger partial charge in [0.05, 0.1) is 24.2 Å². The first-order valence-corrected chi connectivity index (χ1v) is 11.9. The summed E-state index contributed by atoms with van der Waals surface area (Å²) < 4.78 is 1.60. The van der Waals surface area contributed by atoms with Crippen LogP contribution in [0.3, 0.4) is 0 Å². The van der Waals surface area contributed by atoms with Crippen molar-refractivity contribution in [2.75, 3.05) is 13.1 Å². The lowest BCUT2D eigenvalue weighted by Gasteiger charge is -2.27. The molecule has 1 aromatic heterocycles. The Balaban J connectivity index is 1.60. The van der Waals surface area contributed by atoms with Crippen LogP contribution < -0.4 is 10.9 Å². The number of fused-ring (bicyclic) bond motifs is 1. The van der Waals surface area contributed by atoms with Crippen LogP contribution in [0.15, 0.2) is 53.3 Å². The molecule has 7 heteroatoms. The van der Waals surface area contributed by atoms with E-state index in [1.807, 2.05) is 69.3 Å². The molecular formula is C26H31ClN4O2. The lowest BCUT2D eigenvalue weighted by molar-refractivity contribution is -0.123. The minimum atomic E-state index is -0.264. The molecule has 0 saturated carbocycles. The van der Waals surface area contributed by atoms with Gasteiger partial charge in [0.2, 0.25) is 5.91 Å². The standard InChI is InChI=1S/C26H31ClN4O2/c1-26(2,3)28-24(32)17-30-14-6-7-20(30)16-31-25(33)22-9-5-4-8-21(22)23(29-31)15-18-10-12-19(27)13-11-18/h4-5,8-13,20H,6-7,14-17H2,1-3H3,(H,28,32). The predicted molar refractivity (Wildman–Crippen MR) is 133 cm³/mol. The number of carbonyl (C=O) groups excluding carboxylic acids is 1. The zero-order valence-electron chi connectivity index (χ0n) is 19.5. The topological polar surface area (TPSA) is 67.2 Å². The molecule has 1 amide bonds. The molecule has 4 rings (SSSR count). The molecule has 3 aromatic rings. The number of hydrogen-bond acceptors (Lipinski definition) is 4. The number of halogens is 1. The van der Waals surface area contributed by atoms with Gasteiger partial charge in [-0.2, -0.15) is 5.10 Å². The van der Waals surface area contributed by atoms with Gasteiger partial charge in [0.15, 0.2) is 0 Å². The van der Waals surface area contributed by atoms with Crippen molar-refractivity contribution in [1.82, 2.24) is 20.0 Å². The molecule has 1 atom stereocenters. The minimum Gasteiger partial charge on any atom is -0.350 e. The van der Waals surface area contributed by atoms with Crippen molar-refractivity contribution in [1.29, 1.82) is 0 Å². The maximum absolute atomic E-state index is 13.3. The highest BCUT2D eigenvalue weighted by atomic mass is 35.5. The zero-order chi connectivity index (χ0) is 23.6. The fraction of sp³-hybridized carbons (Fsp3) is 0.423. The number of benzene rings is 2. The molecule has 33 heavy (non-hydrogen) atoms. The Kier molecular flexibility index (Phi) is 6.86. The molecular weight excluding hydrogens is 436 g/mol. The second-order valence-electron chi connectivity index (χ2n) is 9.85. The van der Waals surface area contributed by atoms with Crippen LogP contribution in [-0.4, -0.2) is 45.3 Å². The quantitative estimate of drug-likeness (QED) is 0.595. The van der Waals surface area contributed by atoms with Crippen molar-refractivity contribution in [3.05, 3.63) is 75.2 Å². The molecule has 174 valence electrons. The summed E-state index contributed by atoms with van der Waals surface area (Å²) in [7, 11) is 0. The zero-order valence-corrected chi connectivity index (χ0v) is 20.2. The molecule has 2 aromatic carbocycles. The van der Waals surface area contributed by atoms with Gasteiger partial charge in [-0.05, 0) is 63.9 Å². The predicted octanol–water partition coefficient (Wildman–Crippen LogP) is 4.02. The Morgan fingerprint density at radius 3 is 2.52 bits per heavy atom. The molecule has 2 heterocycles. The lowest BCUT2D eigenvalue weighted by atomic mass is 10.0. The summed E-state index contributed by atoms with van der Waals surface area (Å²) in [6.45, 7) is 7.59. The van der Waals surface area contributed by atoms with Gasteiger partial charge in [-0.1, -0.05) is 41.9 Å². The van der Waals surface area contributed by atoms with E-state index < -0.39 is 0 Å². The largest absolute Gasteiger partial charge is 0.350 e. The second kappa shape index (κ2) is 9.65. The van der Waals surface area contributed by atoms with Gasteiger partial charge in [0.25, 0.3) is 5.56 Å². The van der Waals surface area contributed by atoms with Crippen molar-refractivity contribution >= 4 is 28.3 Å². The number of nitrogens with one attached hydrogen (secondary N) is 1. The summed E-state index contributed by atoms with van der Waals surface area (Å²) in [6.07, 6.45) is 2.56. The van der Waals surface area contributed by atoms with Crippen LogP contribution in [0.1, 0.15) is 44.9 Å². The fourth-order valence-corrected chi connectivity index (χ4v) is 4.63. The Bertz CT molecular complexity index is 1200. The third-order valence-corrected chi connectivity index (χ3v) is 6.22. The number of hydrogen-bond donors (Lipinski definition) is 1. The minimum absolute atomic E-state index is 0.0108. The first kappa shape index (κ1) is 23.5. The van der Waals surface area contributed by atoms with Gasteiger partial charge in [-0.15, -0.1) is 0 Å².